The van der Waals surface area contributed by atoms with Gasteiger partial charge in [-0.15, -0.1) is 0 Å². The van der Waals surface area contributed by atoms with Crippen LogP contribution in [-0.2, 0) is 16.2 Å². The molecule has 0 aliphatic carbocycles. The zero-order valence-corrected chi connectivity index (χ0v) is 24.7. The van der Waals surface area contributed by atoms with Crippen LogP contribution in [0, 0.1) is 6.92 Å². The van der Waals surface area contributed by atoms with Crippen molar-refractivity contribution in [3.63, 3.8) is 0 Å². The average Bonchev–Trinajstić information content (AvgIpc) is 3.26. The summed E-state index contributed by atoms with van der Waals surface area (Å²) in [4.78, 5) is 29.6. The standard InChI is InChI=1S/C36H36N2O5/c1-25-22-28(18-19-31(25)42-24-26-12-6-4-7-13-26)34(39)32-33(38(36(41)35(32)40)21-11-20-37(2)3)27-14-10-17-30(23-27)43-29-15-8-5-9-16-29/h4-10,12-19,22-23,33,39H,11,20-21,24H2,1-3H3. The molecule has 1 amide bonds. The zero-order valence-electron chi connectivity index (χ0n) is 24.7. The van der Waals surface area contributed by atoms with Crippen molar-refractivity contribution < 1.29 is 29.1 Å². The first kappa shape index (κ1) is 29.6. The number of nitrogens with zero attached hydrogens (tertiary/aromatic N) is 1. The van der Waals surface area contributed by atoms with Crippen molar-refractivity contribution in [2.24, 2.45) is 0 Å². The third-order valence-corrected chi connectivity index (χ3v) is 7.43. The van der Waals surface area contributed by atoms with Crippen LogP contribution in [-0.4, -0.2) is 43.8 Å². The number of benzene rings is 4. The van der Waals surface area contributed by atoms with Crippen LogP contribution in [0.1, 0.15) is 34.7 Å². The van der Waals surface area contributed by atoms with Crippen LogP contribution in [0.3, 0.4) is 0 Å². The van der Waals surface area contributed by atoms with Crippen LogP contribution in [0.15, 0.2) is 109 Å². The highest BCUT2D eigenvalue weighted by Crippen LogP contribution is 2.40. The SMILES string of the molecule is Cc1cc(C([O-])=C2C(=O)C(=O)N(CCC[NH+](C)C)C2c2cccc(Oc3ccccc3)c2)ccc1OCc1ccccc1. The molecule has 220 valence electrons. The van der Waals surface area contributed by atoms with Gasteiger partial charge in [-0.1, -0.05) is 72.5 Å². The van der Waals surface area contributed by atoms with E-state index >= 15 is 0 Å². The molecule has 4 aromatic carbocycles. The molecule has 0 bridgehead atoms. The number of rotatable bonds is 11. The number of ether oxygens (including phenoxy) is 2. The Morgan fingerprint density at radius 2 is 1.56 bits per heavy atom. The molecule has 5 rings (SSSR count). The molecule has 1 saturated heterocycles. The first-order chi connectivity index (χ1) is 20.8. The molecule has 1 atom stereocenters. The molecule has 1 aliphatic rings. The summed E-state index contributed by atoms with van der Waals surface area (Å²) in [6, 6.07) is 30.7. The van der Waals surface area contributed by atoms with Gasteiger partial charge in [0.15, 0.2) is 0 Å². The average molecular weight is 577 g/mol. The molecule has 4 aromatic rings. The molecule has 0 radical (unpaired) electrons. The predicted octanol–water partition coefficient (Wildman–Crippen LogP) is 4.12. The van der Waals surface area contributed by atoms with Crippen molar-refractivity contribution in [1.29, 1.82) is 0 Å². The Morgan fingerprint density at radius 1 is 0.860 bits per heavy atom. The molecule has 1 N–H and O–H groups in total. The topological polar surface area (TPSA) is 83.3 Å². The highest BCUT2D eigenvalue weighted by molar-refractivity contribution is 6.46. The van der Waals surface area contributed by atoms with Crippen molar-refractivity contribution in [2.45, 2.75) is 26.0 Å². The maximum absolute atomic E-state index is 14.0. The normalized spacial score (nSPS) is 16.1. The number of quaternary nitrogens is 1. The molecule has 0 spiro atoms. The number of para-hydroxylation sites is 1. The summed E-state index contributed by atoms with van der Waals surface area (Å²) in [5, 5.41) is 14.0. The number of hydrogen-bond acceptors (Lipinski definition) is 5. The van der Waals surface area contributed by atoms with Gasteiger partial charge >= 0.3 is 0 Å². The first-order valence-electron chi connectivity index (χ1n) is 14.5. The van der Waals surface area contributed by atoms with Gasteiger partial charge in [-0.05, 0) is 65.6 Å². The number of Topliss-reactive ketones (excluding diaryl/α,β-unsaturated/α-hetero) is 1. The van der Waals surface area contributed by atoms with E-state index in [1.165, 1.54) is 9.80 Å². The lowest BCUT2D eigenvalue weighted by Gasteiger charge is -2.28. The molecule has 1 heterocycles. The van der Waals surface area contributed by atoms with Crippen molar-refractivity contribution in [1.82, 2.24) is 4.90 Å². The van der Waals surface area contributed by atoms with E-state index in [2.05, 4.69) is 0 Å². The van der Waals surface area contributed by atoms with Gasteiger partial charge in [0.25, 0.3) is 5.91 Å². The number of ketones is 1. The van der Waals surface area contributed by atoms with Crippen molar-refractivity contribution >= 4 is 17.4 Å². The number of nitrogens with one attached hydrogen (secondary N) is 1. The van der Waals surface area contributed by atoms with Crippen molar-refractivity contribution in [3.8, 4) is 17.2 Å². The second kappa shape index (κ2) is 13.4. The van der Waals surface area contributed by atoms with E-state index in [-0.39, 0.29) is 5.57 Å². The van der Waals surface area contributed by atoms with E-state index < -0.39 is 23.5 Å². The molecule has 7 nitrogen and oxygen atoms in total. The zero-order chi connectivity index (χ0) is 30.3. The Kier molecular flexibility index (Phi) is 9.23. The summed E-state index contributed by atoms with van der Waals surface area (Å²) in [7, 11) is 4.07. The third kappa shape index (κ3) is 6.96. The fraction of sp³-hybridized carbons (Fsp3) is 0.222. The maximum atomic E-state index is 14.0. The minimum atomic E-state index is -0.821. The smallest absolute Gasteiger partial charge is 0.295 e. The summed E-state index contributed by atoms with van der Waals surface area (Å²) in [6.07, 6.45) is 0.687. The van der Waals surface area contributed by atoms with E-state index in [1.54, 1.807) is 24.3 Å². The van der Waals surface area contributed by atoms with Gasteiger partial charge in [0.2, 0.25) is 5.78 Å². The molecule has 43 heavy (non-hydrogen) atoms. The van der Waals surface area contributed by atoms with Crippen LogP contribution in [0.25, 0.3) is 5.76 Å². The molecule has 7 heteroatoms. The van der Waals surface area contributed by atoms with Gasteiger partial charge in [-0.2, -0.15) is 0 Å². The lowest BCUT2D eigenvalue weighted by molar-refractivity contribution is -0.858. The molecular weight excluding hydrogens is 540 g/mol. The molecular formula is C36H36N2O5. The Labute approximate surface area is 252 Å². The van der Waals surface area contributed by atoms with E-state index in [0.29, 0.717) is 47.9 Å². The van der Waals surface area contributed by atoms with Gasteiger partial charge in [0.05, 0.1) is 26.7 Å². The minimum Gasteiger partial charge on any atom is -0.872 e. The number of aryl methyl sites for hydroxylation is 1. The number of carbonyl (C=O) groups is 2. The van der Waals surface area contributed by atoms with Gasteiger partial charge < -0.3 is 24.4 Å². The molecule has 0 saturated carbocycles. The number of likely N-dealkylation sites (tertiary alicyclic amines) is 1. The summed E-state index contributed by atoms with van der Waals surface area (Å²) in [5.74, 6) is -0.0182. The fourth-order valence-corrected chi connectivity index (χ4v) is 5.27. The summed E-state index contributed by atoms with van der Waals surface area (Å²) in [6.45, 7) is 3.43. The Morgan fingerprint density at radius 3 is 2.26 bits per heavy atom. The van der Waals surface area contributed by atoms with Crippen molar-refractivity contribution in [3.05, 3.63) is 131 Å². The molecule has 0 aromatic heterocycles. The van der Waals surface area contributed by atoms with Crippen LogP contribution >= 0.6 is 0 Å². The van der Waals surface area contributed by atoms with Gasteiger partial charge in [-0.3, -0.25) is 9.59 Å². The number of hydrogen-bond donors (Lipinski definition) is 1. The Bertz CT molecular complexity index is 1620. The fourth-order valence-electron chi connectivity index (χ4n) is 5.27. The molecule has 1 aliphatic heterocycles. The first-order valence-corrected chi connectivity index (χ1v) is 14.5. The van der Waals surface area contributed by atoms with E-state index in [9.17, 15) is 14.7 Å². The van der Waals surface area contributed by atoms with E-state index in [4.69, 9.17) is 9.47 Å². The Hall–Kier alpha value is -4.88. The van der Waals surface area contributed by atoms with Crippen LogP contribution in [0.4, 0.5) is 0 Å². The molecule has 1 unspecified atom stereocenters. The number of amides is 1. The van der Waals surface area contributed by atoms with Gasteiger partial charge in [-0.25, -0.2) is 0 Å². The molecule has 1 fully saturated rings. The van der Waals surface area contributed by atoms with Crippen LogP contribution in [0.5, 0.6) is 17.2 Å². The van der Waals surface area contributed by atoms with E-state index in [1.807, 2.05) is 99.9 Å². The lowest BCUT2D eigenvalue weighted by atomic mass is 9.94. The van der Waals surface area contributed by atoms with Crippen LogP contribution < -0.4 is 19.5 Å². The lowest BCUT2D eigenvalue weighted by Crippen LogP contribution is -3.05. The van der Waals surface area contributed by atoms with E-state index in [0.717, 1.165) is 17.7 Å². The van der Waals surface area contributed by atoms with Gasteiger partial charge in [0, 0.05) is 18.5 Å². The maximum Gasteiger partial charge on any atom is 0.295 e. The Balaban J connectivity index is 1.49. The second-order valence-corrected chi connectivity index (χ2v) is 11.0. The highest BCUT2D eigenvalue weighted by atomic mass is 16.5. The minimum absolute atomic E-state index is 0.0450. The largest absolute Gasteiger partial charge is 0.872 e. The predicted molar refractivity (Wildman–Crippen MR) is 164 cm³/mol. The number of carbonyl (C=O) groups excluding carboxylic acids is 2. The second-order valence-electron chi connectivity index (χ2n) is 11.0. The monoisotopic (exact) mass is 576 g/mol. The quantitative estimate of drug-likeness (QED) is 0.165. The summed E-state index contributed by atoms with van der Waals surface area (Å²) in [5.41, 5.74) is 2.73. The van der Waals surface area contributed by atoms with Gasteiger partial charge in [0.1, 0.15) is 23.9 Å². The summed E-state index contributed by atoms with van der Waals surface area (Å²) >= 11 is 0. The third-order valence-electron chi connectivity index (χ3n) is 7.43. The van der Waals surface area contributed by atoms with Crippen LogP contribution in [0.2, 0.25) is 0 Å². The summed E-state index contributed by atoms with van der Waals surface area (Å²) < 4.78 is 12.0. The van der Waals surface area contributed by atoms with Crippen molar-refractivity contribution in [2.75, 3.05) is 27.2 Å². The highest BCUT2D eigenvalue weighted by Gasteiger charge is 2.44.